The molecule has 0 fully saturated rings. The Bertz CT molecular complexity index is 612. The third-order valence-electron chi connectivity index (χ3n) is 3.26. The van der Waals surface area contributed by atoms with Gasteiger partial charge in [-0.1, -0.05) is 11.6 Å². The van der Waals surface area contributed by atoms with E-state index in [4.69, 9.17) is 16.3 Å². The van der Waals surface area contributed by atoms with E-state index in [1.54, 1.807) is 12.5 Å². The minimum atomic E-state index is 0.229. The van der Waals surface area contributed by atoms with Crippen molar-refractivity contribution in [2.75, 3.05) is 11.9 Å². The molecule has 1 aliphatic rings. The number of hydrogen-bond donors (Lipinski definition) is 1. The van der Waals surface area contributed by atoms with E-state index in [-0.39, 0.29) is 6.10 Å². The highest BCUT2D eigenvalue weighted by Crippen LogP contribution is 2.28. The number of halogens is 1. The molecule has 3 nitrogen and oxygen atoms in total. The lowest BCUT2D eigenvalue weighted by Crippen LogP contribution is -2.23. The van der Waals surface area contributed by atoms with E-state index >= 15 is 0 Å². The molecule has 2 aromatic rings. The van der Waals surface area contributed by atoms with Gasteiger partial charge in [-0.3, -0.25) is 4.98 Å². The zero-order valence-electron chi connectivity index (χ0n) is 10.5. The molecule has 19 heavy (non-hydrogen) atoms. The molecule has 0 saturated carbocycles. The van der Waals surface area contributed by atoms with E-state index in [0.29, 0.717) is 5.02 Å². The molecule has 0 radical (unpaired) electrons. The Kier molecular flexibility index (Phi) is 3.56. The quantitative estimate of drug-likeness (QED) is 0.919. The van der Waals surface area contributed by atoms with Crippen LogP contribution in [0.5, 0.6) is 0 Å². The van der Waals surface area contributed by atoms with Crippen molar-refractivity contribution in [3.05, 3.63) is 47.8 Å². The Morgan fingerprint density at radius 1 is 1.37 bits per heavy atom. The number of hydrogen-bond acceptors (Lipinski definition) is 3. The monoisotopic (exact) mass is 274 g/mol. The van der Waals surface area contributed by atoms with Crippen molar-refractivity contribution >= 4 is 28.2 Å². The standard InChI is InChI=1S/C15H15ClN2O/c16-13-6-7-14(12-5-3-8-17-15(12)13)18-10-11-4-1-2-9-19-11/h2-3,5-9,11,18H,1,4,10H2. The largest absolute Gasteiger partial charge is 0.497 e. The van der Waals surface area contributed by atoms with Gasteiger partial charge in [-0.25, -0.2) is 0 Å². The predicted octanol–water partition coefficient (Wildman–Crippen LogP) is 3.99. The molecular formula is C15H15ClN2O. The Balaban J connectivity index is 1.81. The van der Waals surface area contributed by atoms with Crippen LogP contribution in [0.3, 0.4) is 0 Å². The molecule has 2 heterocycles. The number of aromatic nitrogens is 1. The highest BCUT2D eigenvalue weighted by Gasteiger charge is 2.12. The van der Waals surface area contributed by atoms with Crippen molar-refractivity contribution in [3.63, 3.8) is 0 Å². The first-order valence-corrected chi connectivity index (χ1v) is 6.80. The molecule has 0 amide bonds. The van der Waals surface area contributed by atoms with E-state index < -0.39 is 0 Å². The van der Waals surface area contributed by atoms with Gasteiger partial charge in [0.25, 0.3) is 0 Å². The van der Waals surface area contributed by atoms with Gasteiger partial charge >= 0.3 is 0 Å². The Hall–Kier alpha value is -1.74. The molecule has 0 spiro atoms. The van der Waals surface area contributed by atoms with Crippen LogP contribution in [0, 0.1) is 0 Å². The first kappa shape index (κ1) is 12.3. The average Bonchev–Trinajstić information content (AvgIpc) is 2.48. The zero-order chi connectivity index (χ0) is 13.1. The number of anilines is 1. The van der Waals surface area contributed by atoms with Crippen LogP contribution in [-0.2, 0) is 4.74 Å². The number of rotatable bonds is 3. The second kappa shape index (κ2) is 5.49. The molecule has 1 unspecified atom stereocenters. The molecule has 1 aromatic heterocycles. The van der Waals surface area contributed by atoms with E-state index in [9.17, 15) is 0 Å². The lowest BCUT2D eigenvalue weighted by molar-refractivity contribution is 0.135. The van der Waals surface area contributed by atoms with Gasteiger partial charge in [0, 0.05) is 17.3 Å². The number of nitrogens with zero attached hydrogens (tertiary/aromatic N) is 1. The Morgan fingerprint density at radius 3 is 3.16 bits per heavy atom. The summed E-state index contributed by atoms with van der Waals surface area (Å²) in [5, 5.41) is 5.15. The summed E-state index contributed by atoms with van der Waals surface area (Å²) in [5.74, 6) is 0. The molecule has 1 atom stereocenters. The summed E-state index contributed by atoms with van der Waals surface area (Å²) in [5.41, 5.74) is 1.88. The van der Waals surface area contributed by atoms with Gasteiger partial charge in [-0.15, -0.1) is 0 Å². The van der Waals surface area contributed by atoms with E-state index in [0.717, 1.165) is 36.0 Å². The number of fused-ring (bicyclic) bond motifs is 1. The first-order valence-electron chi connectivity index (χ1n) is 6.42. The van der Waals surface area contributed by atoms with Crippen molar-refractivity contribution in [3.8, 4) is 0 Å². The summed E-state index contributed by atoms with van der Waals surface area (Å²) in [6.07, 6.45) is 7.96. The fraction of sp³-hybridized carbons (Fsp3) is 0.267. The highest BCUT2D eigenvalue weighted by atomic mass is 35.5. The van der Waals surface area contributed by atoms with E-state index in [1.165, 1.54) is 0 Å². The summed E-state index contributed by atoms with van der Waals surface area (Å²) >= 11 is 6.15. The number of ether oxygens (including phenoxy) is 1. The van der Waals surface area contributed by atoms with E-state index in [1.807, 2.05) is 24.3 Å². The summed E-state index contributed by atoms with van der Waals surface area (Å²) in [6, 6.07) is 7.81. The lowest BCUT2D eigenvalue weighted by Gasteiger charge is -2.20. The van der Waals surface area contributed by atoms with Crippen LogP contribution in [0.4, 0.5) is 5.69 Å². The minimum Gasteiger partial charge on any atom is -0.497 e. The SMILES string of the molecule is Clc1ccc(NCC2CCC=CO2)c2cccnc12. The second-order valence-corrected chi connectivity index (χ2v) is 4.99. The predicted molar refractivity (Wildman–Crippen MR) is 78.5 cm³/mol. The maximum atomic E-state index is 6.15. The molecule has 1 aliphatic heterocycles. The van der Waals surface area contributed by atoms with Crippen LogP contribution < -0.4 is 5.32 Å². The summed E-state index contributed by atoms with van der Waals surface area (Å²) in [7, 11) is 0. The number of benzene rings is 1. The summed E-state index contributed by atoms with van der Waals surface area (Å²) in [6.45, 7) is 0.788. The highest BCUT2D eigenvalue weighted by molar-refractivity contribution is 6.35. The van der Waals surface area contributed by atoms with Crippen molar-refractivity contribution in [1.82, 2.24) is 4.98 Å². The maximum absolute atomic E-state index is 6.15. The summed E-state index contributed by atoms with van der Waals surface area (Å²) < 4.78 is 5.55. The Morgan fingerprint density at radius 2 is 2.32 bits per heavy atom. The molecule has 0 saturated heterocycles. The normalized spacial score (nSPS) is 18.3. The minimum absolute atomic E-state index is 0.229. The van der Waals surface area contributed by atoms with Crippen molar-refractivity contribution in [2.45, 2.75) is 18.9 Å². The fourth-order valence-electron chi connectivity index (χ4n) is 2.25. The second-order valence-electron chi connectivity index (χ2n) is 4.58. The fourth-order valence-corrected chi connectivity index (χ4v) is 2.46. The molecular weight excluding hydrogens is 260 g/mol. The van der Waals surface area contributed by atoms with Crippen LogP contribution in [0.15, 0.2) is 42.8 Å². The van der Waals surface area contributed by atoms with Crippen molar-refractivity contribution in [2.24, 2.45) is 0 Å². The number of pyridine rings is 1. The van der Waals surface area contributed by atoms with Gasteiger partial charge in [0.15, 0.2) is 0 Å². The average molecular weight is 275 g/mol. The third kappa shape index (κ3) is 2.66. The van der Waals surface area contributed by atoms with Gasteiger partial charge in [-0.05, 0) is 43.2 Å². The van der Waals surface area contributed by atoms with Crippen LogP contribution in [0.1, 0.15) is 12.8 Å². The number of nitrogens with one attached hydrogen (secondary N) is 1. The molecule has 1 N–H and O–H groups in total. The third-order valence-corrected chi connectivity index (χ3v) is 3.57. The molecule has 0 bridgehead atoms. The van der Waals surface area contributed by atoms with Gasteiger partial charge in [0.1, 0.15) is 6.10 Å². The van der Waals surface area contributed by atoms with Gasteiger partial charge in [0.05, 0.1) is 23.3 Å². The molecule has 4 heteroatoms. The van der Waals surface area contributed by atoms with Crippen molar-refractivity contribution < 1.29 is 4.74 Å². The molecule has 0 aliphatic carbocycles. The van der Waals surface area contributed by atoms with Crippen LogP contribution in [0.2, 0.25) is 5.02 Å². The molecule has 1 aromatic carbocycles. The van der Waals surface area contributed by atoms with Crippen LogP contribution in [0.25, 0.3) is 10.9 Å². The van der Waals surface area contributed by atoms with Crippen LogP contribution in [-0.4, -0.2) is 17.6 Å². The van der Waals surface area contributed by atoms with Gasteiger partial charge < -0.3 is 10.1 Å². The first-order chi connectivity index (χ1) is 9.34. The van der Waals surface area contributed by atoms with Crippen molar-refractivity contribution in [1.29, 1.82) is 0 Å². The zero-order valence-corrected chi connectivity index (χ0v) is 11.2. The van der Waals surface area contributed by atoms with Gasteiger partial charge in [0.2, 0.25) is 0 Å². The molecule has 3 rings (SSSR count). The maximum Gasteiger partial charge on any atom is 0.115 e. The van der Waals surface area contributed by atoms with E-state index in [2.05, 4.69) is 16.4 Å². The summed E-state index contributed by atoms with van der Waals surface area (Å²) in [4.78, 5) is 4.32. The molecule has 98 valence electrons. The topological polar surface area (TPSA) is 34.1 Å². The van der Waals surface area contributed by atoms with Crippen LogP contribution >= 0.6 is 11.6 Å². The smallest absolute Gasteiger partial charge is 0.115 e. The Labute approximate surface area is 117 Å². The van der Waals surface area contributed by atoms with Gasteiger partial charge in [-0.2, -0.15) is 0 Å². The number of allylic oxidation sites excluding steroid dienone is 1. The lowest BCUT2D eigenvalue weighted by atomic mass is 10.1.